The Bertz CT molecular complexity index is 652. The van der Waals surface area contributed by atoms with Crippen LogP contribution in [0.5, 0.6) is 0 Å². The largest absolute Gasteiger partial charge is 0.392 e. The van der Waals surface area contributed by atoms with Gasteiger partial charge in [0.15, 0.2) is 0 Å². The average molecular weight is 321 g/mol. The summed E-state index contributed by atoms with van der Waals surface area (Å²) >= 11 is 0. The number of carbonyl (C=O) groups excluding carboxylic acids is 1. The fourth-order valence-corrected chi connectivity index (χ4v) is 3.56. The number of piperidine rings is 1. The van der Waals surface area contributed by atoms with Gasteiger partial charge >= 0.3 is 0 Å². The van der Waals surface area contributed by atoms with E-state index in [4.69, 9.17) is 0 Å². The zero-order chi connectivity index (χ0) is 16.8. The first-order valence-corrected chi connectivity index (χ1v) is 8.10. The van der Waals surface area contributed by atoms with Gasteiger partial charge in [-0.3, -0.25) is 9.59 Å². The fourth-order valence-electron chi connectivity index (χ4n) is 3.56. The molecule has 1 aromatic rings. The smallest absolute Gasteiger partial charge is 0.263 e. The Kier molecular flexibility index (Phi) is 4.01. The lowest BCUT2D eigenvalue weighted by Gasteiger charge is -2.54. The van der Waals surface area contributed by atoms with Crippen LogP contribution in [0, 0.1) is 5.41 Å². The van der Waals surface area contributed by atoms with Gasteiger partial charge in [-0.1, -0.05) is 13.8 Å². The molecule has 3 rings (SSSR count). The van der Waals surface area contributed by atoms with Crippen molar-refractivity contribution in [2.24, 2.45) is 5.41 Å². The number of likely N-dealkylation sites (tertiary alicyclic amines) is 1. The Hall–Kier alpha value is -1.73. The molecule has 0 aromatic carbocycles. The van der Waals surface area contributed by atoms with E-state index in [0.717, 1.165) is 0 Å². The van der Waals surface area contributed by atoms with E-state index in [1.54, 1.807) is 4.90 Å². The molecule has 0 radical (unpaired) electrons. The van der Waals surface area contributed by atoms with Crippen molar-refractivity contribution < 1.29 is 15.0 Å². The summed E-state index contributed by atoms with van der Waals surface area (Å²) in [5.41, 5.74) is -0.846. The third kappa shape index (κ3) is 2.57. The van der Waals surface area contributed by atoms with Crippen LogP contribution >= 0.6 is 0 Å². The van der Waals surface area contributed by atoms with E-state index >= 15 is 0 Å². The Labute approximate surface area is 134 Å². The molecule has 2 atom stereocenters. The first kappa shape index (κ1) is 16.1. The predicted octanol–water partition coefficient (Wildman–Crippen LogP) is 0.241. The van der Waals surface area contributed by atoms with Gasteiger partial charge in [-0.25, -0.2) is 4.98 Å². The summed E-state index contributed by atoms with van der Waals surface area (Å²) in [6, 6.07) is 0. The maximum absolute atomic E-state index is 12.5. The number of rotatable bonds is 2. The molecule has 23 heavy (non-hydrogen) atoms. The SMILES string of the molecule is CC(C)c1ncc(C(=O)N2CCC3(CC2)[C@H](O)C[C@@H]3O)c(=O)[nH]1. The molecule has 2 fully saturated rings. The van der Waals surface area contributed by atoms with Crippen LogP contribution in [0.3, 0.4) is 0 Å². The first-order chi connectivity index (χ1) is 10.8. The highest BCUT2D eigenvalue weighted by Gasteiger charge is 2.55. The Morgan fingerprint density at radius 2 is 1.96 bits per heavy atom. The molecule has 0 unspecified atom stereocenters. The van der Waals surface area contributed by atoms with Crippen molar-refractivity contribution in [1.82, 2.24) is 14.9 Å². The summed E-state index contributed by atoms with van der Waals surface area (Å²) in [7, 11) is 0. The van der Waals surface area contributed by atoms with E-state index in [-0.39, 0.29) is 17.4 Å². The minimum atomic E-state index is -0.495. The second-order valence-electron chi connectivity index (χ2n) is 6.96. The number of aromatic nitrogens is 2. The van der Waals surface area contributed by atoms with Gasteiger partial charge in [-0.2, -0.15) is 0 Å². The number of hydrogen-bond acceptors (Lipinski definition) is 5. The van der Waals surface area contributed by atoms with Crippen LogP contribution < -0.4 is 5.56 Å². The van der Waals surface area contributed by atoms with Crippen molar-refractivity contribution in [3.8, 4) is 0 Å². The zero-order valence-corrected chi connectivity index (χ0v) is 13.5. The summed E-state index contributed by atoms with van der Waals surface area (Å²) in [6.45, 7) is 4.69. The van der Waals surface area contributed by atoms with Gasteiger partial charge in [0.05, 0.1) is 12.2 Å². The van der Waals surface area contributed by atoms with E-state index in [1.807, 2.05) is 13.8 Å². The van der Waals surface area contributed by atoms with E-state index in [1.165, 1.54) is 6.20 Å². The third-order valence-electron chi connectivity index (χ3n) is 5.35. The first-order valence-electron chi connectivity index (χ1n) is 8.10. The van der Waals surface area contributed by atoms with Crippen LogP contribution in [0.2, 0.25) is 0 Å². The quantitative estimate of drug-likeness (QED) is 0.723. The standard InChI is InChI=1S/C16H23N3O4/c1-9(2)13-17-8-10(14(22)18-13)15(23)19-5-3-16(4-6-19)11(20)7-12(16)21/h8-9,11-12,20-21H,3-7H2,1-2H3,(H,17,18,22)/t11-,12+. The molecule has 1 spiro atoms. The summed E-state index contributed by atoms with van der Waals surface area (Å²) in [5.74, 6) is 0.306. The highest BCUT2D eigenvalue weighted by molar-refractivity contribution is 5.93. The van der Waals surface area contributed by atoms with E-state index in [0.29, 0.717) is 38.2 Å². The van der Waals surface area contributed by atoms with Crippen molar-refractivity contribution in [2.45, 2.75) is 51.2 Å². The van der Waals surface area contributed by atoms with Gasteiger partial charge in [-0.15, -0.1) is 0 Å². The molecule has 2 aliphatic rings. The highest BCUT2D eigenvalue weighted by atomic mass is 16.3. The van der Waals surface area contributed by atoms with Crippen molar-refractivity contribution >= 4 is 5.91 Å². The molecule has 0 bridgehead atoms. The lowest BCUT2D eigenvalue weighted by molar-refractivity contribution is -0.187. The van der Waals surface area contributed by atoms with E-state index in [2.05, 4.69) is 9.97 Å². The number of nitrogens with zero attached hydrogens (tertiary/aromatic N) is 2. The summed E-state index contributed by atoms with van der Waals surface area (Å²) in [5, 5.41) is 19.9. The second-order valence-corrected chi connectivity index (χ2v) is 6.96. The Morgan fingerprint density at radius 1 is 1.35 bits per heavy atom. The number of aliphatic hydroxyl groups excluding tert-OH is 2. The molecule has 1 saturated heterocycles. The molecule has 1 saturated carbocycles. The molecular formula is C16H23N3O4. The summed E-state index contributed by atoms with van der Waals surface area (Å²) in [6.07, 6.45) is 1.87. The second kappa shape index (κ2) is 5.72. The molecule has 126 valence electrons. The van der Waals surface area contributed by atoms with Crippen molar-refractivity contribution in [3.63, 3.8) is 0 Å². The minimum Gasteiger partial charge on any atom is -0.392 e. The number of amides is 1. The molecule has 7 nitrogen and oxygen atoms in total. The number of aliphatic hydroxyl groups is 2. The molecule has 2 heterocycles. The topological polar surface area (TPSA) is 107 Å². The predicted molar refractivity (Wildman–Crippen MR) is 83.1 cm³/mol. The molecule has 1 aromatic heterocycles. The molecular weight excluding hydrogens is 298 g/mol. The van der Waals surface area contributed by atoms with Crippen LogP contribution in [-0.4, -0.2) is 56.3 Å². The molecule has 1 aliphatic carbocycles. The van der Waals surface area contributed by atoms with Gasteiger partial charge < -0.3 is 20.1 Å². The molecule has 7 heteroatoms. The number of carbonyl (C=O) groups is 1. The molecule has 1 aliphatic heterocycles. The molecule has 3 N–H and O–H groups in total. The summed E-state index contributed by atoms with van der Waals surface area (Å²) in [4.78, 5) is 33.0. The molecule has 1 amide bonds. The Balaban J connectivity index is 1.72. The van der Waals surface area contributed by atoms with Crippen LogP contribution in [0.15, 0.2) is 11.0 Å². The lowest BCUT2D eigenvalue weighted by Crippen LogP contribution is -2.62. The number of aromatic amines is 1. The van der Waals surface area contributed by atoms with Gasteiger partial charge in [0.25, 0.3) is 11.5 Å². The van der Waals surface area contributed by atoms with Crippen LogP contribution in [0.1, 0.15) is 55.2 Å². The van der Waals surface area contributed by atoms with Crippen molar-refractivity contribution in [1.29, 1.82) is 0 Å². The van der Waals surface area contributed by atoms with Crippen molar-refractivity contribution in [2.75, 3.05) is 13.1 Å². The van der Waals surface area contributed by atoms with Gasteiger partial charge in [0.1, 0.15) is 11.4 Å². The highest BCUT2D eigenvalue weighted by Crippen LogP contribution is 2.49. The van der Waals surface area contributed by atoms with Crippen LogP contribution in [0.25, 0.3) is 0 Å². The monoisotopic (exact) mass is 321 g/mol. The van der Waals surface area contributed by atoms with Crippen molar-refractivity contribution in [3.05, 3.63) is 27.9 Å². The van der Waals surface area contributed by atoms with E-state index in [9.17, 15) is 19.8 Å². The number of H-pyrrole nitrogens is 1. The third-order valence-corrected chi connectivity index (χ3v) is 5.35. The minimum absolute atomic E-state index is 0.0417. The lowest BCUT2D eigenvalue weighted by atomic mass is 9.58. The van der Waals surface area contributed by atoms with Gasteiger partial charge in [0, 0.05) is 37.0 Å². The zero-order valence-electron chi connectivity index (χ0n) is 13.5. The van der Waals surface area contributed by atoms with Gasteiger partial charge in [0.2, 0.25) is 0 Å². The normalized spacial score (nSPS) is 26.4. The van der Waals surface area contributed by atoms with Crippen LogP contribution in [0.4, 0.5) is 0 Å². The van der Waals surface area contributed by atoms with Gasteiger partial charge in [-0.05, 0) is 12.8 Å². The number of nitrogens with one attached hydrogen (secondary N) is 1. The van der Waals surface area contributed by atoms with Crippen LogP contribution in [-0.2, 0) is 0 Å². The maximum atomic E-state index is 12.5. The summed E-state index contributed by atoms with van der Waals surface area (Å²) < 4.78 is 0. The Morgan fingerprint density at radius 3 is 2.43 bits per heavy atom. The average Bonchev–Trinajstić information content (AvgIpc) is 2.54. The maximum Gasteiger partial charge on any atom is 0.263 e. The number of hydrogen-bond donors (Lipinski definition) is 3. The fraction of sp³-hybridized carbons (Fsp3) is 0.688. The van der Waals surface area contributed by atoms with E-state index < -0.39 is 23.2 Å².